The van der Waals surface area contributed by atoms with E-state index in [4.69, 9.17) is 5.11 Å². The highest BCUT2D eigenvalue weighted by molar-refractivity contribution is 5.82. The zero-order valence-electron chi connectivity index (χ0n) is 9.39. The third kappa shape index (κ3) is 2.09. The van der Waals surface area contributed by atoms with Crippen LogP contribution >= 0.6 is 0 Å². The van der Waals surface area contributed by atoms with Crippen molar-refractivity contribution in [2.24, 2.45) is 5.92 Å². The minimum atomic E-state index is -0.0661. The van der Waals surface area contributed by atoms with Gasteiger partial charge in [0.1, 0.15) is 0 Å². The summed E-state index contributed by atoms with van der Waals surface area (Å²) in [5, 5.41) is 11.9. The first-order chi connectivity index (χ1) is 7.72. The second-order valence-electron chi connectivity index (χ2n) is 4.43. The number of carbonyl (C=O) groups excluding carboxylic acids is 1. The monoisotopic (exact) mass is 219 g/mol. The quantitative estimate of drug-likeness (QED) is 0.804. The van der Waals surface area contributed by atoms with E-state index in [-0.39, 0.29) is 30.4 Å². The molecular weight excluding hydrogens is 202 g/mol. The first kappa shape index (κ1) is 11.1. The highest BCUT2D eigenvalue weighted by atomic mass is 16.3. The molecule has 0 aliphatic carbocycles. The molecule has 3 unspecified atom stereocenters. The lowest BCUT2D eigenvalue weighted by molar-refractivity contribution is -0.123. The Kier molecular flexibility index (Phi) is 3.25. The lowest BCUT2D eigenvalue weighted by Gasteiger charge is -2.17. The van der Waals surface area contributed by atoms with Gasteiger partial charge >= 0.3 is 0 Å². The standard InChI is InChI=1S/C13H17NO2/c1-9(10-5-3-2-4-6-10)12-7-11(8-15)14-13(12)16/h2-6,9,11-12,15H,7-8H2,1H3,(H,14,16). The Hall–Kier alpha value is -1.35. The van der Waals surface area contributed by atoms with Crippen LogP contribution in [0.25, 0.3) is 0 Å². The molecule has 1 heterocycles. The molecule has 0 aromatic heterocycles. The van der Waals surface area contributed by atoms with Crippen molar-refractivity contribution in [3.05, 3.63) is 35.9 Å². The lowest BCUT2D eigenvalue weighted by atomic mass is 9.85. The minimum absolute atomic E-state index is 0.0143. The van der Waals surface area contributed by atoms with Crippen molar-refractivity contribution in [1.29, 1.82) is 0 Å². The van der Waals surface area contributed by atoms with E-state index in [1.165, 1.54) is 5.56 Å². The van der Waals surface area contributed by atoms with Gasteiger partial charge in [0.2, 0.25) is 5.91 Å². The number of hydrogen-bond donors (Lipinski definition) is 2. The van der Waals surface area contributed by atoms with Crippen molar-refractivity contribution in [2.75, 3.05) is 6.61 Å². The van der Waals surface area contributed by atoms with Crippen molar-refractivity contribution in [2.45, 2.75) is 25.3 Å². The fourth-order valence-corrected chi connectivity index (χ4v) is 2.32. The molecule has 0 saturated carbocycles. The summed E-state index contributed by atoms with van der Waals surface area (Å²) in [5.74, 6) is 0.257. The maximum atomic E-state index is 11.7. The van der Waals surface area contributed by atoms with E-state index in [1.54, 1.807) is 0 Å². The lowest BCUT2D eigenvalue weighted by Crippen LogP contribution is -2.29. The van der Waals surface area contributed by atoms with E-state index in [1.807, 2.05) is 30.3 Å². The molecule has 2 rings (SSSR count). The van der Waals surface area contributed by atoms with Crippen LogP contribution in [0.4, 0.5) is 0 Å². The normalized spacial score (nSPS) is 26.5. The SMILES string of the molecule is CC(c1ccccc1)C1CC(CO)NC1=O. The Labute approximate surface area is 95.5 Å². The Morgan fingerprint density at radius 2 is 2.12 bits per heavy atom. The molecule has 3 nitrogen and oxygen atoms in total. The fraction of sp³-hybridized carbons (Fsp3) is 0.462. The Morgan fingerprint density at radius 1 is 1.44 bits per heavy atom. The second kappa shape index (κ2) is 4.66. The van der Waals surface area contributed by atoms with Crippen LogP contribution < -0.4 is 5.32 Å². The third-order valence-electron chi connectivity index (χ3n) is 3.37. The molecule has 0 bridgehead atoms. The molecule has 16 heavy (non-hydrogen) atoms. The van der Waals surface area contributed by atoms with Crippen LogP contribution in [0.5, 0.6) is 0 Å². The van der Waals surface area contributed by atoms with Crippen LogP contribution in [0, 0.1) is 5.92 Å². The first-order valence-corrected chi connectivity index (χ1v) is 5.68. The van der Waals surface area contributed by atoms with Crippen molar-refractivity contribution >= 4 is 5.91 Å². The molecule has 1 aliphatic heterocycles. The van der Waals surface area contributed by atoms with Crippen LogP contribution in [0.2, 0.25) is 0 Å². The Balaban J connectivity index is 2.11. The maximum absolute atomic E-state index is 11.7. The average molecular weight is 219 g/mol. The second-order valence-corrected chi connectivity index (χ2v) is 4.43. The van der Waals surface area contributed by atoms with Gasteiger partial charge < -0.3 is 10.4 Å². The van der Waals surface area contributed by atoms with E-state index in [2.05, 4.69) is 12.2 Å². The largest absolute Gasteiger partial charge is 0.394 e. The summed E-state index contributed by atoms with van der Waals surface area (Å²) in [6.07, 6.45) is 0.728. The van der Waals surface area contributed by atoms with E-state index in [9.17, 15) is 4.79 Å². The molecule has 1 aliphatic rings. The number of carbonyl (C=O) groups is 1. The van der Waals surface area contributed by atoms with Gasteiger partial charge in [-0.25, -0.2) is 0 Å². The number of aliphatic hydroxyl groups excluding tert-OH is 1. The fourth-order valence-electron chi connectivity index (χ4n) is 2.32. The van der Waals surface area contributed by atoms with E-state index in [0.29, 0.717) is 0 Å². The number of amides is 1. The van der Waals surface area contributed by atoms with Crippen molar-refractivity contribution in [3.8, 4) is 0 Å². The van der Waals surface area contributed by atoms with Crippen molar-refractivity contribution in [3.63, 3.8) is 0 Å². The van der Waals surface area contributed by atoms with Gasteiger partial charge in [-0.1, -0.05) is 37.3 Å². The molecule has 1 saturated heterocycles. The molecule has 1 fully saturated rings. The first-order valence-electron chi connectivity index (χ1n) is 5.68. The number of benzene rings is 1. The van der Waals surface area contributed by atoms with E-state index in [0.717, 1.165) is 6.42 Å². The van der Waals surface area contributed by atoms with Gasteiger partial charge in [-0.3, -0.25) is 4.79 Å². The van der Waals surface area contributed by atoms with Crippen molar-refractivity contribution < 1.29 is 9.90 Å². The topological polar surface area (TPSA) is 49.3 Å². The highest BCUT2D eigenvalue weighted by Gasteiger charge is 2.35. The molecule has 2 N–H and O–H groups in total. The van der Waals surface area contributed by atoms with Gasteiger partial charge in [0, 0.05) is 5.92 Å². The molecule has 3 atom stereocenters. The summed E-state index contributed by atoms with van der Waals surface area (Å²) < 4.78 is 0. The summed E-state index contributed by atoms with van der Waals surface area (Å²) in [6, 6.07) is 9.98. The number of hydrogen-bond acceptors (Lipinski definition) is 2. The zero-order chi connectivity index (χ0) is 11.5. The van der Waals surface area contributed by atoms with Gasteiger partial charge in [-0.15, -0.1) is 0 Å². The van der Waals surface area contributed by atoms with Crippen LogP contribution in [0.1, 0.15) is 24.8 Å². The third-order valence-corrected chi connectivity index (χ3v) is 3.37. The number of nitrogens with one attached hydrogen (secondary N) is 1. The van der Waals surface area contributed by atoms with Crippen molar-refractivity contribution in [1.82, 2.24) is 5.32 Å². The molecule has 0 radical (unpaired) electrons. The van der Waals surface area contributed by atoms with Gasteiger partial charge in [0.05, 0.1) is 12.6 Å². The van der Waals surface area contributed by atoms with Gasteiger partial charge in [-0.2, -0.15) is 0 Å². The number of rotatable bonds is 3. The summed E-state index contributed by atoms with van der Waals surface area (Å²) in [6.45, 7) is 2.10. The van der Waals surface area contributed by atoms with Crippen LogP contribution in [-0.4, -0.2) is 23.7 Å². The molecule has 3 heteroatoms. The van der Waals surface area contributed by atoms with Gasteiger partial charge in [0.15, 0.2) is 0 Å². The van der Waals surface area contributed by atoms with E-state index >= 15 is 0 Å². The molecule has 1 aromatic rings. The smallest absolute Gasteiger partial charge is 0.224 e. The van der Waals surface area contributed by atoms with E-state index < -0.39 is 0 Å². The molecule has 1 aromatic carbocycles. The predicted molar refractivity (Wildman–Crippen MR) is 62.0 cm³/mol. The van der Waals surface area contributed by atoms with Gasteiger partial charge in [0.25, 0.3) is 0 Å². The summed E-state index contributed by atoms with van der Waals surface area (Å²) in [4.78, 5) is 11.7. The molecule has 86 valence electrons. The average Bonchev–Trinajstić information content (AvgIpc) is 2.71. The molecular formula is C13H17NO2. The molecule has 1 amide bonds. The minimum Gasteiger partial charge on any atom is -0.394 e. The van der Waals surface area contributed by atoms with Crippen LogP contribution in [0.3, 0.4) is 0 Å². The summed E-state index contributed by atoms with van der Waals surface area (Å²) >= 11 is 0. The summed E-state index contributed by atoms with van der Waals surface area (Å²) in [5.41, 5.74) is 1.18. The summed E-state index contributed by atoms with van der Waals surface area (Å²) in [7, 11) is 0. The number of aliphatic hydroxyl groups is 1. The zero-order valence-corrected chi connectivity index (χ0v) is 9.39. The maximum Gasteiger partial charge on any atom is 0.224 e. The van der Waals surface area contributed by atoms with Crippen LogP contribution in [0.15, 0.2) is 30.3 Å². The Bertz CT molecular complexity index is 363. The Morgan fingerprint density at radius 3 is 2.69 bits per heavy atom. The van der Waals surface area contributed by atoms with Gasteiger partial charge in [-0.05, 0) is 17.9 Å². The highest BCUT2D eigenvalue weighted by Crippen LogP contribution is 2.31. The van der Waals surface area contributed by atoms with Crippen LogP contribution in [-0.2, 0) is 4.79 Å². The predicted octanol–water partition coefficient (Wildman–Crippen LogP) is 1.29. The molecule has 0 spiro atoms.